The molecular weight excluding hydrogens is 182 g/mol. The van der Waals surface area contributed by atoms with Gasteiger partial charge in [0.2, 0.25) is 0 Å². The van der Waals surface area contributed by atoms with Crippen LogP contribution < -0.4 is 5.32 Å². The zero-order valence-corrected chi connectivity index (χ0v) is 9.34. The molecule has 0 aromatic carbocycles. The molecule has 0 aliphatic heterocycles. The molecule has 0 rings (SSSR count). The van der Waals surface area contributed by atoms with Crippen LogP contribution in [0.3, 0.4) is 0 Å². The highest BCUT2D eigenvalue weighted by Gasteiger charge is 2.04. The van der Waals surface area contributed by atoms with Gasteiger partial charge < -0.3 is 14.8 Å². The standard InChI is InChI=1S/C10H21NO3/c1-4-9(3)11-8-10(12)14-7-6-13-5-2/h9,11H,4-8H2,1-3H3. The summed E-state index contributed by atoms with van der Waals surface area (Å²) >= 11 is 0. The average Bonchev–Trinajstić information content (AvgIpc) is 2.21. The van der Waals surface area contributed by atoms with Crippen molar-refractivity contribution in [2.45, 2.75) is 33.2 Å². The summed E-state index contributed by atoms with van der Waals surface area (Å²) in [6.45, 7) is 7.77. The monoisotopic (exact) mass is 203 g/mol. The second-order valence-corrected chi connectivity index (χ2v) is 3.11. The summed E-state index contributed by atoms with van der Waals surface area (Å²) in [7, 11) is 0. The van der Waals surface area contributed by atoms with E-state index in [1.165, 1.54) is 0 Å². The number of carbonyl (C=O) groups excluding carboxylic acids is 1. The van der Waals surface area contributed by atoms with E-state index >= 15 is 0 Å². The third kappa shape index (κ3) is 8.01. The number of rotatable bonds is 8. The maximum atomic E-state index is 11.1. The van der Waals surface area contributed by atoms with Crippen LogP contribution in [0, 0.1) is 0 Å². The van der Waals surface area contributed by atoms with E-state index in [0.29, 0.717) is 25.9 Å². The minimum atomic E-state index is -0.218. The highest BCUT2D eigenvalue weighted by Crippen LogP contribution is 1.87. The van der Waals surface area contributed by atoms with E-state index in [0.717, 1.165) is 6.42 Å². The molecule has 0 radical (unpaired) electrons. The SMILES string of the molecule is CCOCCOC(=O)CNC(C)CC. The van der Waals surface area contributed by atoms with Crippen LogP contribution in [0.2, 0.25) is 0 Å². The number of nitrogens with one attached hydrogen (secondary N) is 1. The average molecular weight is 203 g/mol. The molecule has 84 valence electrons. The minimum Gasteiger partial charge on any atom is -0.462 e. The maximum Gasteiger partial charge on any atom is 0.320 e. The Bertz CT molecular complexity index is 150. The van der Waals surface area contributed by atoms with Gasteiger partial charge in [0.15, 0.2) is 0 Å². The largest absolute Gasteiger partial charge is 0.462 e. The first-order valence-corrected chi connectivity index (χ1v) is 5.17. The lowest BCUT2D eigenvalue weighted by atomic mass is 10.3. The first-order chi connectivity index (χ1) is 6.70. The van der Waals surface area contributed by atoms with Crippen LogP contribution in [0.5, 0.6) is 0 Å². The van der Waals surface area contributed by atoms with Gasteiger partial charge in [-0.1, -0.05) is 6.92 Å². The van der Waals surface area contributed by atoms with Crippen molar-refractivity contribution in [3.63, 3.8) is 0 Å². The van der Waals surface area contributed by atoms with Crippen molar-refractivity contribution < 1.29 is 14.3 Å². The lowest BCUT2D eigenvalue weighted by Gasteiger charge is -2.10. The van der Waals surface area contributed by atoms with Gasteiger partial charge in [-0.25, -0.2) is 0 Å². The third-order valence-corrected chi connectivity index (χ3v) is 1.90. The molecule has 0 aliphatic carbocycles. The Morgan fingerprint density at radius 2 is 2.07 bits per heavy atom. The summed E-state index contributed by atoms with van der Waals surface area (Å²) < 4.78 is 9.95. The Morgan fingerprint density at radius 3 is 2.64 bits per heavy atom. The molecule has 0 fully saturated rings. The fraction of sp³-hybridized carbons (Fsp3) is 0.900. The molecule has 0 saturated carbocycles. The van der Waals surface area contributed by atoms with Crippen LogP contribution in [0.25, 0.3) is 0 Å². The van der Waals surface area contributed by atoms with Crippen molar-refractivity contribution in [3.05, 3.63) is 0 Å². The van der Waals surface area contributed by atoms with Gasteiger partial charge >= 0.3 is 5.97 Å². The van der Waals surface area contributed by atoms with Crippen molar-refractivity contribution in [1.29, 1.82) is 0 Å². The highest BCUT2D eigenvalue weighted by molar-refractivity contribution is 5.71. The first-order valence-electron chi connectivity index (χ1n) is 5.17. The van der Waals surface area contributed by atoms with Crippen molar-refractivity contribution in [3.8, 4) is 0 Å². The Labute approximate surface area is 86.0 Å². The molecule has 0 bridgehead atoms. The number of hydrogen-bond donors (Lipinski definition) is 1. The van der Waals surface area contributed by atoms with Crippen molar-refractivity contribution in [1.82, 2.24) is 5.32 Å². The number of ether oxygens (including phenoxy) is 2. The molecule has 4 nitrogen and oxygen atoms in total. The third-order valence-electron chi connectivity index (χ3n) is 1.90. The zero-order valence-electron chi connectivity index (χ0n) is 9.34. The molecule has 1 atom stereocenters. The normalized spacial score (nSPS) is 12.5. The van der Waals surface area contributed by atoms with Gasteiger partial charge in [0.25, 0.3) is 0 Å². The molecule has 0 saturated heterocycles. The van der Waals surface area contributed by atoms with E-state index in [2.05, 4.69) is 12.2 Å². The zero-order chi connectivity index (χ0) is 10.8. The van der Waals surface area contributed by atoms with E-state index < -0.39 is 0 Å². The fourth-order valence-electron chi connectivity index (χ4n) is 0.812. The van der Waals surface area contributed by atoms with Gasteiger partial charge in [0.1, 0.15) is 6.61 Å². The molecule has 0 heterocycles. The van der Waals surface area contributed by atoms with Crippen LogP contribution in [0.1, 0.15) is 27.2 Å². The fourth-order valence-corrected chi connectivity index (χ4v) is 0.812. The van der Waals surface area contributed by atoms with Gasteiger partial charge in [-0.05, 0) is 20.3 Å². The van der Waals surface area contributed by atoms with E-state index in [-0.39, 0.29) is 12.5 Å². The number of esters is 1. The molecule has 0 spiro atoms. The summed E-state index contributed by atoms with van der Waals surface area (Å²) in [5, 5.41) is 3.06. The van der Waals surface area contributed by atoms with Gasteiger partial charge in [-0.2, -0.15) is 0 Å². The Balaban J connectivity index is 3.28. The number of carbonyl (C=O) groups is 1. The van der Waals surface area contributed by atoms with Crippen LogP contribution in [0.15, 0.2) is 0 Å². The van der Waals surface area contributed by atoms with Gasteiger partial charge in [0.05, 0.1) is 13.2 Å². The smallest absolute Gasteiger partial charge is 0.320 e. The highest BCUT2D eigenvalue weighted by atomic mass is 16.6. The van der Waals surface area contributed by atoms with E-state index in [4.69, 9.17) is 9.47 Å². The summed E-state index contributed by atoms with van der Waals surface area (Å²) in [5.74, 6) is -0.218. The Morgan fingerprint density at radius 1 is 1.36 bits per heavy atom. The van der Waals surface area contributed by atoms with Crippen LogP contribution >= 0.6 is 0 Å². The minimum absolute atomic E-state index is 0.218. The van der Waals surface area contributed by atoms with Crippen molar-refractivity contribution in [2.24, 2.45) is 0 Å². The van der Waals surface area contributed by atoms with Crippen molar-refractivity contribution >= 4 is 5.97 Å². The molecule has 1 unspecified atom stereocenters. The van der Waals surface area contributed by atoms with E-state index in [1.54, 1.807) is 0 Å². The molecule has 0 amide bonds. The summed E-state index contributed by atoms with van der Waals surface area (Å²) in [6.07, 6.45) is 1.01. The Hall–Kier alpha value is -0.610. The molecule has 4 heteroatoms. The lowest BCUT2D eigenvalue weighted by molar-refractivity contribution is -0.144. The molecule has 0 aliphatic rings. The van der Waals surface area contributed by atoms with E-state index in [1.807, 2.05) is 13.8 Å². The van der Waals surface area contributed by atoms with Crippen LogP contribution in [-0.2, 0) is 14.3 Å². The second kappa shape index (κ2) is 8.97. The van der Waals surface area contributed by atoms with Crippen LogP contribution in [0.4, 0.5) is 0 Å². The number of hydrogen-bond acceptors (Lipinski definition) is 4. The second-order valence-electron chi connectivity index (χ2n) is 3.11. The van der Waals surface area contributed by atoms with Crippen molar-refractivity contribution in [2.75, 3.05) is 26.4 Å². The van der Waals surface area contributed by atoms with Gasteiger partial charge in [0, 0.05) is 12.6 Å². The quantitative estimate of drug-likeness (QED) is 0.471. The first kappa shape index (κ1) is 13.4. The topological polar surface area (TPSA) is 47.6 Å². The van der Waals surface area contributed by atoms with E-state index in [9.17, 15) is 4.79 Å². The summed E-state index contributed by atoms with van der Waals surface area (Å²) in [5.41, 5.74) is 0. The maximum absolute atomic E-state index is 11.1. The van der Waals surface area contributed by atoms with Crippen LogP contribution in [-0.4, -0.2) is 38.4 Å². The molecule has 14 heavy (non-hydrogen) atoms. The van der Waals surface area contributed by atoms with Gasteiger partial charge in [-0.15, -0.1) is 0 Å². The molecule has 0 aromatic rings. The predicted molar refractivity (Wildman–Crippen MR) is 55.2 cm³/mol. The summed E-state index contributed by atoms with van der Waals surface area (Å²) in [6, 6.07) is 0.356. The predicted octanol–water partition coefficient (Wildman–Crippen LogP) is 0.954. The molecular formula is C10H21NO3. The molecule has 0 aromatic heterocycles. The Kier molecular flexibility index (Phi) is 8.57. The van der Waals surface area contributed by atoms with Gasteiger partial charge in [-0.3, -0.25) is 4.79 Å². The lowest BCUT2D eigenvalue weighted by Crippen LogP contribution is -2.32. The molecule has 1 N–H and O–H groups in total. The summed E-state index contributed by atoms with van der Waals surface area (Å²) in [4.78, 5) is 11.1.